The van der Waals surface area contributed by atoms with E-state index >= 15 is 0 Å². The van der Waals surface area contributed by atoms with Crippen molar-refractivity contribution in [1.29, 1.82) is 0 Å². The van der Waals surface area contributed by atoms with Gasteiger partial charge in [-0.2, -0.15) is 0 Å². The summed E-state index contributed by atoms with van der Waals surface area (Å²) >= 11 is 0. The van der Waals surface area contributed by atoms with Gasteiger partial charge in [0.15, 0.2) is 9.84 Å². The van der Waals surface area contributed by atoms with E-state index in [1.54, 1.807) is 32.4 Å². The lowest BCUT2D eigenvalue weighted by atomic mass is 10.1. The third kappa shape index (κ3) is 6.11. The monoisotopic (exact) mass is 560 g/mol. The molecule has 0 aliphatic carbocycles. The zero-order valence-corrected chi connectivity index (χ0v) is 23.5. The van der Waals surface area contributed by atoms with Crippen molar-refractivity contribution in [2.24, 2.45) is 0 Å². The van der Waals surface area contributed by atoms with Crippen LogP contribution in [0.15, 0.2) is 65.7 Å². The molecule has 40 heavy (non-hydrogen) atoms. The highest BCUT2D eigenvalue weighted by atomic mass is 32.2. The van der Waals surface area contributed by atoms with Gasteiger partial charge in [-0.15, -0.1) is 0 Å². The van der Waals surface area contributed by atoms with E-state index in [2.05, 4.69) is 20.5 Å². The van der Waals surface area contributed by atoms with Gasteiger partial charge in [0.05, 0.1) is 46.7 Å². The summed E-state index contributed by atoms with van der Waals surface area (Å²) in [6, 6.07) is 16.5. The topological polar surface area (TPSA) is 126 Å². The zero-order chi connectivity index (χ0) is 28.3. The second-order valence-electron chi connectivity index (χ2n) is 9.89. The summed E-state index contributed by atoms with van der Waals surface area (Å²) < 4.78 is 29.5. The van der Waals surface area contributed by atoms with Crippen molar-refractivity contribution in [3.05, 3.63) is 77.6 Å². The predicted molar refractivity (Wildman–Crippen MR) is 154 cm³/mol. The van der Waals surface area contributed by atoms with Gasteiger partial charge >= 0.3 is 0 Å². The number of aromatic nitrogens is 3. The Labute approximate surface area is 233 Å². The Bertz CT molecular complexity index is 1660. The van der Waals surface area contributed by atoms with Crippen molar-refractivity contribution < 1.29 is 17.9 Å². The molecular formula is C29H32N6O4S. The van der Waals surface area contributed by atoms with Crippen molar-refractivity contribution in [2.75, 3.05) is 44.5 Å². The summed E-state index contributed by atoms with van der Waals surface area (Å²) in [5.74, 6) is 0.505. The van der Waals surface area contributed by atoms with Crippen LogP contribution in [0.5, 0.6) is 0 Å². The van der Waals surface area contributed by atoms with Crippen LogP contribution < -0.4 is 15.5 Å². The summed E-state index contributed by atoms with van der Waals surface area (Å²) in [5.41, 5.74) is 3.74. The first-order valence-electron chi connectivity index (χ1n) is 13.0. The molecule has 1 aliphatic rings. The quantitative estimate of drug-likeness (QED) is 0.334. The normalized spacial score (nSPS) is 15.8. The number of hydrogen-bond acceptors (Lipinski definition) is 9. The molecule has 1 fully saturated rings. The number of amides is 1. The van der Waals surface area contributed by atoms with E-state index in [0.717, 1.165) is 54.0 Å². The molecule has 1 atom stereocenters. The van der Waals surface area contributed by atoms with Crippen LogP contribution in [0.2, 0.25) is 0 Å². The third-order valence-corrected chi connectivity index (χ3v) is 8.15. The molecule has 1 amide bonds. The number of fused-ring (bicyclic) bond motifs is 1. The minimum absolute atomic E-state index is 0.143. The number of piperazine rings is 1. The lowest BCUT2D eigenvalue weighted by molar-refractivity contribution is 0.0950. The molecule has 4 aromatic rings. The molecule has 208 valence electrons. The van der Waals surface area contributed by atoms with Gasteiger partial charge in [0, 0.05) is 50.1 Å². The smallest absolute Gasteiger partial charge is 0.251 e. The fourth-order valence-electron chi connectivity index (χ4n) is 4.84. The number of carbonyl (C=O) groups excluding carboxylic acids is 1. The highest BCUT2D eigenvalue weighted by Crippen LogP contribution is 2.24. The van der Waals surface area contributed by atoms with Crippen molar-refractivity contribution in [2.45, 2.75) is 24.4 Å². The van der Waals surface area contributed by atoms with Gasteiger partial charge in [-0.1, -0.05) is 12.1 Å². The van der Waals surface area contributed by atoms with Crippen LogP contribution in [-0.2, 0) is 21.1 Å². The van der Waals surface area contributed by atoms with Crippen LogP contribution >= 0.6 is 0 Å². The van der Waals surface area contributed by atoms with Gasteiger partial charge in [0.1, 0.15) is 5.82 Å². The third-order valence-electron chi connectivity index (χ3n) is 6.91. The molecule has 1 aliphatic heterocycles. The molecule has 10 nitrogen and oxygen atoms in total. The summed E-state index contributed by atoms with van der Waals surface area (Å²) in [4.78, 5) is 29.4. The lowest BCUT2D eigenvalue weighted by Crippen LogP contribution is -2.53. The highest BCUT2D eigenvalue weighted by Gasteiger charge is 2.23. The fourth-order valence-corrected chi connectivity index (χ4v) is 5.83. The number of nitrogens with one attached hydrogen (secondary N) is 2. The van der Waals surface area contributed by atoms with E-state index in [4.69, 9.17) is 14.7 Å². The van der Waals surface area contributed by atoms with Crippen molar-refractivity contribution in [3.63, 3.8) is 0 Å². The number of ether oxygens (including phenoxy) is 1. The van der Waals surface area contributed by atoms with E-state index in [9.17, 15) is 13.2 Å². The first kappa shape index (κ1) is 27.6. The Morgan fingerprint density at radius 2 is 1.95 bits per heavy atom. The highest BCUT2D eigenvalue weighted by molar-refractivity contribution is 7.90. The Kier molecular flexibility index (Phi) is 8.06. The maximum Gasteiger partial charge on any atom is 0.251 e. The number of nitrogens with zero attached hydrogens (tertiary/aromatic N) is 4. The van der Waals surface area contributed by atoms with Gasteiger partial charge < -0.3 is 20.3 Å². The lowest BCUT2D eigenvalue weighted by Gasteiger charge is -2.36. The summed E-state index contributed by atoms with van der Waals surface area (Å²) in [6.45, 7) is 5.04. The molecule has 0 spiro atoms. The van der Waals surface area contributed by atoms with Crippen LogP contribution in [0.1, 0.15) is 21.6 Å². The number of rotatable bonds is 8. The fraction of sp³-hybridized carbons (Fsp3) is 0.310. The largest absolute Gasteiger partial charge is 0.383 e. The molecule has 2 N–H and O–H groups in total. The molecule has 11 heteroatoms. The number of sulfone groups is 1. The van der Waals surface area contributed by atoms with Crippen LogP contribution in [0.3, 0.4) is 0 Å². The SMILES string of the molecule is COCC1CNCCN1c1cccc(-c2ccc3cnc(CNC(=O)c4ccc(C)c(S(C)(=O)=O)c4)cc3n2)n1. The van der Waals surface area contributed by atoms with Gasteiger partial charge in [0.25, 0.3) is 5.91 Å². The van der Waals surface area contributed by atoms with E-state index in [0.29, 0.717) is 17.9 Å². The molecule has 3 aromatic heterocycles. The van der Waals surface area contributed by atoms with Gasteiger partial charge in [-0.05, 0) is 55.0 Å². The number of aryl methyl sites for hydroxylation is 1. The van der Waals surface area contributed by atoms with Gasteiger partial charge in [-0.3, -0.25) is 9.78 Å². The number of pyridine rings is 3. The number of hydrogen-bond donors (Lipinski definition) is 2. The Morgan fingerprint density at radius 3 is 2.75 bits per heavy atom. The van der Waals surface area contributed by atoms with Crippen LogP contribution in [-0.4, -0.2) is 74.9 Å². The molecule has 4 heterocycles. The molecule has 0 bridgehead atoms. The molecule has 0 radical (unpaired) electrons. The Balaban J connectivity index is 1.34. The summed E-state index contributed by atoms with van der Waals surface area (Å²) in [7, 11) is -1.73. The average molecular weight is 561 g/mol. The number of benzene rings is 1. The van der Waals surface area contributed by atoms with Gasteiger partial charge in [0.2, 0.25) is 0 Å². The molecule has 0 saturated carbocycles. The summed E-state index contributed by atoms with van der Waals surface area (Å²) in [6.07, 6.45) is 2.85. The minimum Gasteiger partial charge on any atom is -0.383 e. The second-order valence-corrected chi connectivity index (χ2v) is 11.9. The molecule has 5 rings (SSSR count). The van der Waals surface area contributed by atoms with Crippen LogP contribution in [0.4, 0.5) is 5.82 Å². The molecular weight excluding hydrogens is 528 g/mol. The minimum atomic E-state index is -3.44. The van der Waals surface area contributed by atoms with Crippen molar-refractivity contribution in [1.82, 2.24) is 25.6 Å². The average Bonchev–Trinajstić information content (AvgIpc) is 2.95. The van der Waals surface area contributed by atoms with Crippen molar-refractivity contribution in [3.8, 4) is 11.4 Å². The Morgan fingerprint density at radius 1 is 1.12 bits per heavy atom. The van der Waals surface area contributed by atoms with E-state index in [-0.39, 0.29) is 29.0 Å². The Hall–Kier alpha value is -3.93. The first-order chi connectivity index (χ1) is 19.2. The standard InChI is InChI=1S/C29H32N6O4S/c1-19-7-8-20(13-27(19)40(3,37)38)29(36)32-16-22-14-26-21(15-31-22)9-10-25(33-26)24-5-4-6-28(34-24)35-12-11-30-17-23(35)18-39-2/h4-10,13-15,23,30H,11-12,16-18H2,1-3H3,(H,32,36). The number of carbonyl (C=O) groups is 1. The first-order valence-corrected chi connectivity index (χ1v) is 14.9. The van der Waals surface area contributed by atoms with Crippen molar-refractivity contribution >= 4 is 32.5 Å². The maximum atomic E-state index is 12.8. The number of methoxy groups -OCH3 is 1. The zero-order valence-electron chi connectivity index (χ0n) is 22.7. The van der Waals surface area contributed by atoms with Gasteiger partial charge in [-0.25, -0.2) is 18.4 Å². The summed E-state index contributed by atoms with van der Waals surface area (Å²) in [5, 5.41) is 7.10. The van der Waals surface area contributed by atoms with Crippen LogP contribution in [0.25, 0.3) is 22.3 Å². The molecule has 1 unspecified atom stereocenters. The van der Waals surface area contributed by atoms with E-state index in [1.807, 2.05) is 36.4 Å². The van der Waals surface area contributed by atoms with E-state index < -0.39 is 9.84 Å². The second kappa shape index (κ2) is 11.7. The number of anilines is 1. The van der Waals surface area contributed by atoms with Crippen LogP contribution in [0, 0.1) is 6.92 Å². The molecule has 1 saturated heterocycles. The van der Waals surface area contributed by atoms with E-state index in [1.165, 1.54) is 6.07 Å². The molecule has 1 aromatic carbocycles. The predicted octanol–water partition coefficient (Wildman–Crippen LogP) is 2.76. The maximum absolute atomic E-state index is 12.8.